The molecule has 0 aromatic heterocycles. The number of carbonyl (C=O) groups excluding carboxylic acids is 2. The Labute approximate surface area is 108 Å². The second-order valence-electron chi connectivity index (χ2n) is 5.72. The van der Waals surface area contributed by atoms with Crippen LogP contribution in [0.2, 0.25) is 0 Å². The Kier molecular flexibility index (Phi) is 4.73. The van der Waals surface area contributed by atoms with Crippen molar-refractivity contribution in [3.8, 4) is 0 Å². The van der Waals surface area contributed by atoms with Gasteiger partial charge in [0.2, 0.25) is 0 Å². The molecule has 0 radical (unpaired) electrons. The standard InChI is InChI=1S/C13H23NO4/c1-12(2,3)18-10(15)9-14-13(11(16)17-4)7-5-6-8-13/h14H,5-9H2,1-4H3. The lowest BCUT2D eigenvalue weighted by Crippen LogP contribution is -2.52. The normalized spacial score (nSPS) is 18.4. The molecular formula is C13H23NO4. The summed E-state index contributed by atoms with van der Waals surface area (Å²) < 4.78 is 10.0. The third-order valence-corrected chi connectivity index (χ3v) is 3.02. The zero-order valence-electron chi connectivity index (χ0n) is 11.7. The number of methoxy groups -OCH3 is 1. The van der Waals surface area contributed by atoms with E-state index < -0.39 is 11.1 Å². The summed E-state index contributed by atoms with van der Waals surface area (Å²) in [6.07, 6.45) is 3.36. The molecule has 5 nitrogen and oxygen atoms in total. The third-order valence-electron chi connectivity index (χ3n) is 3.02. The van der Waals surface area contributed by atoms with Gasteiger partial charge in [-0.2, -0.15) is 0 Å². The summed E-state index contributed by atoms with van der Waals surface area (Å²) >= 11 is 0. The second kappa shape index (κ2) is 5.69. The van der Waals surface area contributed by atoms with Gasteiger partial charge in [-0.1, -0.05) is 12.8 Å². The molecule has 0 saturated heterocycles. The van der Waals surface area contributed by atoms with Crippen molar-refractivity contribution in [1.82, 2.24) is 5.32 Å². The molecule has 1 aliphatic carbocycles. The number of hydrogen-bond acceptors (Lipinski definition) is 5. The summed E-state index contributed by atoms with van der Waals surface area (Å²) in [7, 11) is 1.37. The molecular weight excluding hydrogens is 234 g/mol. The van der Waals surface area contributed by atoms with E-state index in [9.17, 15) is 9.59 Å². The van der Waals surface area contributed by atoms with Crippen LogP contribution in [0.4, 0.5) is 0 Å². The summed E-state index contributed by atoms with van der Waals surface area (Å²) in [5.41, 5.74) is -1.21. The van der Waals surface area contributed by atoms with Gasteiger partial charge >= 0.3 is 11.9 Å². The van der Waals surface area contributed by atoms with Gasteiger partial charge in [0, 0.05) is 0 Å². The highest BCUT2D eigenvalue weighted by atomic mass is 16.6. The van der Waals surface area contributed by atoms with Gasteiger partial charge in [-0.15, -0.1) is 0 Å². The Morgan fingerprint density at radius 1 is 1.22 bits per heavy atom. The molecule has 0 atom stereocenters. The van der Waals surface area contributed by atoms with E-state index in [0.717, 1.165) is 12.8 Å². The summed E-state index contributed by atoms with van der Waals surface area (Å²) in [6.45, 7) is 5.48. The van der Waals surface area contributed by atoms with Crippen molar-refractivity contribution in [3.05, 3.63) is 0 Å². The SMILES string of the molecule is COC(=O)C1(NCC(=O)OC(C)(C)C)CCCC1. The lowest BCUT2D eigenvalue weighted by atomic mass is 9.98. The van der Waals surface area contributed by atoms with Gasteiger partial charge in [0.05, 0.1) is 13.7 Å². The number of nitrogens with one attached hydrogen (secondary N) is 1. The van der Waals surface area contributed by atoms with Gasteiger partial charge in [0.15, 0.2) is 0 Å². The predicted molar refractivity (Wildman–Crippen MR) is 67.1 cm³/mol. The number of hydrogen-bond donors (Lipinski definition) is 1. The van der Waals surface area contributed by atoms with Crippen molar-refractivity contribution in [2.24, 2.45) is 0 Å². The average Bonchev–Trinajstić information content (AvgIpc) is 2.73. The van der Waals surface area contributed by atoms with Crippen LogP contribution < -0.4 is 5.32 Å². The smallest absolute Gasteiger partial charge is 0.326 e. The fourth-order valence-electron chi connectivity index (χ4n) is 2.25. The summed E-state index contributed by atoms with van der Waals surface area (Å²) in [5, 5.41) is 3.02. The van der Waals surface area contributed by atoms with E-state index in [1.54, 1.807) is 0 Å². The molecule has 0 amide bonds. The first-order valence-corrected chi connectivity index (χ1v) is 6.34. The van der Waals surface area contributed by atoms with Gasteiger partial charge in [-0.05, 0) is 33.6 Å². The number of rotatable bonds is 4. The quantitative estimate of drug-likeness (QED) is 0.771. The maximum Gasteiger partial charge on any atom is 0.326 e. The Morgan fingerprint density at radius 3 is 2.22 bits per heavy atom. The molecule has 104 valence electrons. The first kappa shape index (κ1) is 15.0. The van der Waals surface area contributed by atoms with E-state index in [-0.39, 0.29) is 18.5 Å². The topological polar surface area (TPSA) is 64.6 Å². The van der Waals surface area contributed by atoms with Crippen molar-refractivity contribution >= 4 is 11.9 Å². The minimum absolute atomic E-state index is 0.0341. The minimum atomic E-state index is -0.703. The first-order valence-electron chi connectivity index (χ1n) is 6.34. The monoisotopic (exact) mass is 257 g/mol. The zero-order valence-corrected chi connectivity index (χ0v) is 11.7. The van der Waals surface area contributed by atoms with E-state index in [2.05, 4.69) is 5.32 Å². The highest BCUT2D eigenvalue weighted by Crippen LogP contribution is 2.30. The van der Waals surface area contributed by atoms with Crippen LogP contribution >= 0.6 is 0 Å². The van der Waals surface area contributed by atoms with Crippen molar-refractivity contribution in [3.63, 3.8) is 0 Å². The second-order valence-corrected chi connectivity index (χ2v) is 5.72. The van der Waals surface area contributed by atoms with Crippen molar-refractivity contribution in [2.45, 2.75) is 57.6 Å². The van der Waals surface area contributed by atoms with Crippen molar-refractivity contribution < 1.29 is 19.1 Å². The van der Waals surface area contributed by atoms with E-state index in [1.165, 1.54) is 7.11 Å². The Morgan fingerprint density at radius 2 is 1.78 bits per heavy atom. The predicted octanol–water partition coefficient (Wildman–Crippen LogP) is 1.40. The van der Waals surface area contributed by atoms with Crippen LogP contribution in [0.5, 0.6) is 0 Å². The average molecular weight is 257 g/mol. The number of esters is 2. The highest BCUT2D eigenvalue weighted by molar-refractivity contribution is 5.82. The van der Waals surface area contributed by atoms with Crippen LogP contribution in [0.1, 0.15) is 46.5 Å². The zero-order chi connectivity index (χ0) is 13.8. The summed E-state index contributed by atoms with van der Waals surface area (Å²) in [6, 6.07) is 0. The van der Waals surface area contributed by atoms with E-state index >= 15 is 0 Å². The van der Waals surface area contributed by atoms with Gasteiger partial charge in [0.25, 0.3) is 0 Å². The molecule has 5 heteroatoms. The molecule has 0 aromatic carbocycles. The molecule has 1 saturated carbocycles. The molecule has 0 aromatic rings. The maximum atomic E-state index is 11.8. The summed E-state index contributed by atoms with van der Waals surface area (Å²) in [4.78, 5) is 23.4. The molecule has 1 N–H and O–H groups in total. The van der Waals surface area contributed by atoms with Crippen LogP contribution in [-0.4, -0.2) is 36.7 Å². The lowest BCUT2D eigenvalue weighted by Gasteiger charge is -2.27. The molecule has 0 heterocycles. The van der Waals surface area contributed by atoms with Crippen LogP contribution in [0, 0.1) is 0 Å². The maximum absolute atomic E-state index is 11.8. The van der Waals surface area contributed by atoms with Crippen LogP contribution in [0.15, 0.2) is 0 Å². The molecule has 18 heavy (non-hydrogen) atoms. The van der Waals surface area contributed by atoms with E-state index in [4.69, 9.17) is 9.47 Å². The minimum Gasteiger partial charge on any atom is -0.468 e. The molecule has 1 fully saturated rings. The molecule has 1 aliphatic rings. The van der Waals surface area contributed by atoms with Crippen molar-refractivity contribution in [1.29, 1.82) is 0 Å². The number of carbonyl (C=O) groups is 2. The Balaban J connectivity index is 2.54. The molecule has 0 unspecified atom stereocenters. The van der Waals surface area contributed by atoms with Gasteiger partial charge in [-0.25, -0.2) is 0 Å². The fraction of sp³-hybridized carbons (Fsp3) is 0.846. The van der Waals surface area contributed by atoms with Gasteiger partial charge in [-0.3, -0.25) is 14.9 Å². The highest BCUT2D eigenvalue weighted by Gasteiger charge is 2.42. The molecule has 0 spiro atoms. The van der Waals surface area contributed by atoms with Gasteiger partial charge in [0.1, 0.15) is 11.1 Å². The van der Waals surface area contributed by atoms with Crippen molar-refractivity contribution in [2.75, 3.05) is 13.7 Å². The molecule has 0 aliphatic heterocycles. The van der Waals surface area contributed by atoms with Crippen LogP contribution in [0.25, 0.3) is 0 Å². The fourth-order valence-corrected chi connectivity index (χ4v) is 2.25. The largest absolute Gasteiger partial charge is 0.468 e. The summed E-state index contributed by atoms with van der Waals surface area (Å²) in [5.74, 6) is -0.638. The van der Waals surface area contributed by atoms with E-state index in [1.807, 2.05) is 20.8 Å². The Bertz CT molecular complexity index is 313. The molecule has 0 bridgehead atoms. The first-order chi connectivity index (χ1) is 8.29. The number of ether oxygens (including phenoxy) is 2. The van der Waals surface area contributed by atoms with Gasteiger partial charge < -0.3 is 9.47 Å². The van der Waals surface area contributed by atoms with E-state index in [0.29, 0.717) is 12.8 Å². The van der Waals surface area contributed by atoms with Crippen LogP contribution in [0.3, 0.4) is 0 Å². The lowest BCUT2D eigenvalue weighted by molar-refractivity contribution is -0.155. The molecule has 1 rings (SSSR count). The third kappa shape index (κ3) is 3.98. The van der Waals surface area contributed by atoms with Crippen LogP contribution in [-0.2, 0) is 19.1 Å². The Hall–Kier alpha value is -1.10.